The van der Waals surface area contributed by atoms with Crippen LogP contribution in [-0.4, -0.2) is 39.7 Å². The van der Waals surface area contributed by atoms with Crippen LogP contribution in [0.2, 0.25) is 0 Å². The molecule has 5 nitrogen and oxygen atoms in total. The van der Waals surface area contributed by atoms with Crippen molar-refractivity contribution in [2.45, 2.75) is 19.6 Å². The average molecular weight is 209 g/mol. The van der Waals surface area contributed by atoms with Crippen LogP contribution in [0.5, 0.6) is 0 Å². The van der Waals surface area contributed by atoms with E-state index < -0.39 is 0 Å². The Kier molecular flexibility index (Phi) is 2.40. The highest BCUT2D eigenvalue weighted by molar-refractivity contribution is 5.94. The van der Waals surface area contributed by atoms with Crippen molar-refractivity contribution in [1.29, 1.82) is 0 Å². The standard InChI is InChI=1S/C10H15N3O2/c1-2-12-4-7(11)3-9(12)10(15)13-5-8(14)6-13/h3-4,8,14H,2,5-6,11H2,1H3. The van der Waals surface area contributed by atoms with E-state index in [4.69, 9.17) is 10.8 Å². The number of carbonyl (C=O) groups is 1. The molecule has 1 fully saturated rings. The van der Waals surface area contributed by atoms with Gasteiger partial charge in [-0.25, -0.2) is 0 Å². The van der Waals surface area contributed by atoms with Gasteiger partial charge in [-0.2, -0.15) is 0 Å². The Labute approximate surface area is 88.1 Å². The fourth-order valence-electron chi connectivity index (χ4n) is 1.76. The molecule has 15 heavy (non-hydrogen) atoms. The SMILES string of the molecule is CCn1cc(N)cc1C(=O)N1CC(O)C1. The number of carbonyl (C=O) groups excluding carboxylic acids is 1. The number of amides is 1. The fraction of sp³-hybridized carbons (Fsp3) is 0.500. The van der Waals surface area contributed by atoms with E-state index in [0.717, 1.165) is 0 Å². The second kappa shape index (κ2) is 3.58. The van der Waals surface area contributed by atoms with Crippen molar-refractivity contribution < 1.29 is 9.90 Å². The first-order valence-electron chi connectivity index (χ1n) is 5.04. The zero-order chi connectivity index (χ0) is 11.0. The zero-order valence-electron chi connectivity index (χ0n) is 8.68. The number of hydrogen-bond acceptors (Lipinski definition) is 3. The molecule has 2 rings (SSSR count). The summed E-state index contributed by atoms with van der Waals surface area (Å²) in [6.07, 6.45) is 1.39. The molecule has 1 aliphatic heterocycles. The van der Waals surface area contributed by atoms with Gasteiger partial charge >= 0.3 is 0 Å². The minimum Gasteiger partial charge on any atom is -0.397 e. The molecule has 3 N–H and O–H groups in total. The molecule has 1 aliphatic rings. The van der Waals surface area contributed by atoms with Crippen LogP contribution in [0.25, 0.3) is 0 Å². The Morgan fingerprint density at radius 2 is 2.33 bits per heavy atom. The lowest BCUT2D eigenvalue weighted by Gasteiger charge is -2.35. The molecule has 0 bridgehead atoms. The molecule has 5 heteroatoms. The monoisotopic (exact) mass is 209 g/mol. The lowest BCUT2D eigenvalue weighted by atomic mass is 10.1. The van der Waals surface area contributed by atoms with Gasteiger partial charge < -0.3 is 20.3 Å². The summed E-state index contributed by atoms with van der Waals surface area (Å²) >= 11 is 0. The number of nitrogens with zero attached hydrogens (tertiary/aromatic N) is 2. The summed E-state index contributed by atoms with van der Waals surface area (Å²) in [5.74, 6) is -0.0566. The number of β-amino-alcohol motifs (C(OH)–C–C–N with tert-alkyl or cyclic N) is 1. The number of rotatable bonds is 2. The quantitative estimate of drug-likeness (QED) is 0.715. The van der Waals surface area contributed by atoms with E-state index in [-0.39, 0.29) is 12.0 Å². The molecule has 1 saturated heterocycles. The number of nitrogen functional groups attached to an aromatic ring is 1. The molecule has 82 valence electrons. The summed E-state index contributed by atoms with van der Waals surface area (Å²) in [5.41, 5.74) is 6.84. The Bertz CT molecular complexity index is 380. The molecular formula is C10H15N3O2. The van der Waals surface area contributed by atoms with Crippen molar-refractivity contribution in [3.05, 3.63) is 18.0 Å². The van der Waals surface area contributed by atoms with Gasteiger partial charge in [0.05, 0.1) is 11.8 Å². The number of aliphatic hydroxyl groups excluding tert-OH is 1. The lowest BCUT2D eigenvalue weighted by molar-refractivity contribution is 0.00520. The first-order valence-corrected chi connectivity index (χ1v) is 5.04. The maximum atomic E-state index is 11.9. The van der Waals surface area contributed by atoms with Gasteiger partial charge in [0.1, 0.15) is 5.69 Å². The lowest BCUT2D eigenvalue weighted by Crippen LogP contribution is -2.53. The van der Waals surface area contributed by atoms with E-state index >= 15 is 0 Å². The minimum absolute atomic E-state index is 0.0566. The predicted octanol–water partition coefficient (Wildman–Crippen LogP) is -0.0931. The first kappa shape index (κ1) is 10.0. The van der Waals surface area contributed by atoms with Gasteiger partial charge in [-0.1, -0.05) is 0 Å². The van der Waals surface area contributed by atoms with Crippen LogP contribution >= 0.6 is 0 Å². The molecule has 1 aromatic rings. The van der Waals surface area contributed by atoms with Crippen LogP contribution in [0.15, 0.2) is 12.3 Å². The highest BCUT2D eigenvalue weighted by Crippen LogP contribution is 2.17. The average Bonchev–Trinajstić information content (AvgIpc) is 2.53. The number of nitrogens with two attached hydrogens (primary N) is 1. The van der Waals surface area contributed by atoms with Crippen LogP contribution in [0.4, 0.5) is 5.69 Å². The van der Waals surface area contributed by atoms with Crippen molar-refractivity contribution >= 4 is 11.6 Å². The van der Waals surface area contributed by atoms with E-state index in [0.29, 0.717) is 31.0 Å². The van der Waals surface area contributed by atoms with Crippen LogP contribution < -0.4 is 5.73 Å². The molecule has 1 amide bonds. The van der Waals surface area contributed by atoms with E-state index in [1.54, 1.807) is 17.2 Å². The Morgan fingerprint density at radius 1 is 1.67 bits per heavy atom. The molecule has 0 unspecified atom stereocenters. The molecule has 0 aromatic carbocycles. The van der Waals surface area contributed by atoms with Crippen LogP contribution in [-0.2, 0) is 6.54 Å². The minimum atomic E-state index is -0.365. The van der Waals surface area contributed by atoms with Crippen molar-refractivity contribution in [2.24, 2.45) is 0 Å². The van der Waals surface area contributed by atoms with E-state index in [2.05, 4.69) is 0 Å². The van der Waals surface area contributed by atoms with E-state index in [1.807, 2.05) is 11.5 Å². The molecule has 0 spiro atoms. The highest BCUT2D eigenvalue weighted by atomic mass is 16.3. The number of aromatic nitrogens is 1. The van der Waals surface area contributed by atoms with Crippen molar-refractivity contribution in [3.63, 3.8) is 0 Å². The second-order valence-corrected chi connectivity index (χ2v) is 3.81. The third kappa shape index (κ3) is 1.70. The Balaban J connectivity index is 2.17. The highest BCUT2D eigenvalue weighted by Gasteiger charge is 2.30. The van der Waals surface area contributed by atoms with Crippen molar-refractivity contribution in [3.8, 4) is 0 Å². The van der Waals surface area contributed by atoms with Gasteiger partial charge in [0.15, 0.2) is 0 Å². The zero-order valence-corrected chi connectivity index (χ0v) is 8.68. The third-order valence-electron chi connectivity index (χ3n) is 2.63. The number of aliphatic hydroxyl groups is 1. The molecule has 0 saturated carbocycles. The van der Waals surface area contributed by atoms with Gasteiger partial charge in [-0.15, -0.1) is 0 Å². The molecule has 1 aromatic heterocycles. The smallest absolute Gasteiger partial charge is 0.270 e. The Morgan fingerprint density at radius 3 is 2.87 bits per heavy atom. The number of anilines is 1. The first-order chi connectivity index (χ1) is 7.11. The van der Waals surface area contributed by atoms with Crippen LogP contribution in [0, 0.1) is 0 Å². The van der Waals surface area contributed by atoms with Crippen molar-refractivity contribution in [2.75, 3.05) is 18.8 Å². The fourth-order valence-corrected chi connectivity index (χ4v) is 1.76. The number of aryl methyl sites for hydroxylation is 1. The van der Waals surface area contributed by atoms with Crippen molar-refractivity contribution in [1.82, 2.24) is 9.47 Å². The molecule has 0 aliphatic carbocycles. The van der Waals surface area contributed by atoms with Gasteiger partial charge in [0.25, 0.3) is 5.91 Å². The maximum Gasteiger partial charge on any atom is 0.270 e. The number of likely N-dealkylation sites (tertiary alicyclic amines) is 1. The molecular weight excluding hydrogens is 194 g/mol. The summed E-state index contributed by atoms with van der Waals surface area (Å²) in [7, 11) is 0. The van der Waals surface area contributed by atoms with Gasteiger partial charge in [-0.3, -0.25) is 4.79 Å². The largest absolute Gasteiger partial charge is 0.397 e. The van der Waals surface area contributed by atoms with E-state index in [1.165, 1.54) is 0 Å². The van der Waals surface area contributed by atoms with E-state index in [9.17, 15) is 4.79 Å². The second-order valence-electron chi connectivity index (χ2n) is 3.81. The molecule has 2 heterocycles. The third-order valence-corrected chi connectivity index (χ3v) is 2.63. The number of hydrogen-bond donors (Lipinski definition) is 2. The summed E-state index contributed by atoms with van der Waals surface area (Å²) in [4.78, 5) is 13.5. The van der Waals surface area contributed by atoms with Gasteiger partial charge in [0.2, 0.25) is 0 Å². The summed E-state index contributed by atoms with van der Waals surface area (Å²) < 4.78 is 1.82. The topological polar surface area (TPSA) is 71.5 Å². The van der Waals surface area contributed by atoms with Crippen LogP contribution in [0.1, 0.15) is 17.4 Å². The van der Waals surface area contributed by atoms with Gasteiger partial charge in [0, 0.05) is 25.8 Å². The predicted molar refractivity (Wildman–Crippen MR) is 56.4 cm³/mol. The van der Waals surface area contributed by atoms with Crippen LogP contribution in [0.3, 0.4) is 0 Å². The maximum absolute atomic E-state index is 11.9. The molecule has 0 atom stereocenters. The Hall–Kier alpha value is -1.49. The summed E-state index contributed by atoms with van der Waals surface area (Å²) in [6.45, 7) is 3.52. The normalized spacial score (nSPS) is 16.5. The summed E-state index contributed by atoms with van der Waals surface area (Å²) in [5, 5.41) is 9.12. The summed E-state index contributed by atoms with van der Waals surface area (Å²) in [6, 6.07) is 1.68. The van der Waals surface area contributed by atoms with Gasteiger partial charge in [-0.05, 0) is 13.0 Å². The molecule has 0 radical (unpaired) electrons.